The van der Waals surface area contributed by atoms with Gasteiger partial charge in [0.25, 0.3) is 0 Å². The van der Waals surface area contributed by atoms with Crippen molar-refractivity contribution in [1.82, 2.24) is 0 Å². The number of hydrogen-bond acceptors (Lipinski definition) is 2. The third-order valence-corrected chi connectivity index (χ3v) is 2.14. The van der Waals surface area contributed by atoms with Crippen molar-refractivity contribution < 1.29 is 9.47 Å². The Bertz CT molecular complexity index is 131. The van der Waals surface area contributed by atoms with E-state index in [0.29, 0.717) is 5.92 Å². The maximum atomic E-state index is 5.56. The molecule has 1 rings (SSSR count). The van der Waals surface area contributed by atoms with Crippen LogP contribution in [0.4, 0.5) is 0 Å². The molecule has 0 atom stereocenters. The summed E-state index contributed by atoms with van der Waals surface area (Å²) in [6.07, 6.45) is 1.20. The molecule has 1 heterocycles. The van der Waals surface area contributed by atoms with Crippen molar-refractivity contribution in [2.45, 2.75) is 39.9 Å². The molecule has 72 valence electrons. The van der Waals surface area contributed by atoms with E-state index >= 15 is 0 Å². The fraction of sp³-hybridized carbons (Fsp3) is 1.00. The summed E-state index contributed by atoms with van der Waals surface area (Å²) in [6, 6.07) is 0. The molecule has 1 saturated heterocycles. The van der Waals surface area contributed by atoms with Gasteiger partial charge in [-0.2, -0.15) is 0 Å². The maximum Gasteiger partial charge on any atom is 0.162 e. The van der Waals surface area contributed by atoms with Gasteiger partial charge in [0.15, 0.2) is 5.79 Å². The van der Waals surface area contributed by atoms with E-state index in [0.717, 1.165) is 19.1 Å². The van der Waals surface area contributed by atoms with E-state index in [9.17, 15) is 0 Å². The Morgan fingerprint density at radius 1 is 1.25 bits per heavy atom. The zero-order valence-electron chi connectivity index (χ0n) is 8.59. The average Bonchev–Trinajstić information content (AvgIpc) is 1.93. The Morgan fingerprint density at radius 2 is 1.75 bits per heavy atom. The second kappa shape index (κ2) is 3.75. The van der Waals surface area contributed by atoms with Crippen LogP contribution in [0.15, 0.2) is 0 Å². The highest BCUT2D eigenvalue weighted by Gasteiger charge is 2.28. The average molecular weight is 172 g/mol. The van der Waals surface area contributed by atoms with Crippen molar-refractivity contribution in [2.75, 3.05) is 13.2 Å². The van der Waals surface area contributed by atoms with Crippen molar-refractivity contribution in [1.29, 1.82) is 0 Å². The van der Waals surface area contributed by atoms with E-state index < -0.39 is 0 Å². The van der Waals surface area contributed by atoms with Gasteiger partial charge in [-0.05, 0) is 26.2 Å². The van der Waals surface area contributed by atoms with Gasteiger partial charge < -0.3 is 9.47 Å². The first-order chi connectivity index (χ1) is 5.49. The molecule has 0 amide bonds. The number of ether oxygens (including phenoxy) is 2. The molecule has 0 radical (unpaired) electrons. The lowest BCUT2D eigenvalue weighted by molar-refractivity contribution is -0.263. The lowest BCUT2D eigenvalue weighted by Crippen LogP contribution is -2.39. The van der Waals surface area contributed by atoms with E-state index in [1.165, 1.54) is 6.42 Å². The largest absolute Gasteiger partial charge is 0.350 e. The summed E-state index contributed by atoms with van der Waals surface area (Å²) in [5, 5.41) is 0. The molecule has 2 heteroatoms. The molecule has 0 aromatic carbocycles. The summed E-state index contributed by atoms with van der Waals surface area (Å²) in [5.74, 6) is 0.981. The predicted octanol–water partition coefficient (Wildman–Crippen LogP) is 2.43. The summed E-state index contributed by atoms with van der Waals surface area (Å²) in [4.78, 5) is 0. The smallest absolute Gasteiger partial charge is 0.162 e. The van der Waals surface area contributed by atoms with Crippen LogP contribution in [0.3, 0.4) is 0 Å². The molecule has 0 aromatic heterocycles. The monoisotopic (exact) mass is 172 g/mol. The molecule has 0 spiro atoms. The first-order valence-corrected chi connectivity index (χ1v) is 4.77. The summed E-state index contributed by atoms with van der Waals surface area (Å²) in [6.45, 7) is 10.1. The molecule has 0 aromatic rings. The highest BCUT2D eigenvalue weighted by Crippen LogP contribution is 2.24. The fourth-order valence-electron chi connectivity index (χ4n) is 1.53. The van der Waals surface area contributed by atoms with Crippen LogP contribution in [0.25, 0.3) is 0 Å². The Hall–Kier alpha value is -0.0800. The molecular formula is C10H20O2. The van der Waals surface area contributed by atoms with Crippen molar-refractivity contribution in [3.63, 3.8) is 0 Å². The Kier molecular flexibility index (Phi) is 3.13. The second-order valence-electron chi connectivity index (χ2n) is 4.52. The van der Waals surface area contributed by atoms with Crippen LogP contribution in [0.1, 0.15) is 34.1 Å². The van der Waals surface area contributed by atoms with E-state index in [-0.39, 0.29) is 5.79 Å². The van der Waals surface area contributed by atoms with Crippen LogP contribution in [0, 0.1) is 11.8 Å². The van der Waals surface area contributed by atoms with Gasteiger partial charge in [-0.25, -0.2) is 0 Å². The molecule has 1 aliphatic rings. The van der Waals surface area contributed by atoms with Gasteiger partial charge in [0.05, 0.1) is 13.2 Å². The van der Waals surface area contributed by atoms with Crippen molar-refractivity contribution in [3.8, 4) is 0 Å². The molecule has 1 aliphatic heterocycles. The van der Waals surface area contributed by atoms with E-state index in [1.54, 1.807) is 0 Å². The molecule has 0 saturated carbocycles. The SMILES string of the molecule is CC(C)CC1COC(C)(C)OC1. The molecule has 1 fully saturated rings. The molecular weight excluding hydrogens is 152 g/mol. The third-order valence-electron chi connectivity index (χ3n) is 2.14. The van der Waals surface area contributed by atoms with Crippen LogP contribution >= 0.6 is 0 Å². The minimum atomic E-state index is -0.354. The standard InChI is InChI=1S/C10H20O2/c1-8(2)5-9-6-11-10(3,4)12-7-9/h8-9H,5-7H2,1-4H3. The summed E-state index contributed by atoms with van der Waals surface area (Å²) in [5.41, 5.74) is 0. The van der Waals surface area contributed by atoms with E-state index in [4.69, 9.17) is 9.47 Å². The normalized spacial score (nSPS) is 24.8. The zero-order chi connectivity index (χ0) is 9.19. The summed E-state index contributed by atoms with van der Waals surface area (Å²) < 4.78 is 11.1. The quantitative estimate of drug-likeness (QED) is 0.637. The molecule has 0 unspecified atom stereocenters. The maximum absolute atomic E-state index is 5.56. The Morgan fingerprint density at radius 3 is 2.17 bits per heavy atom. The summed E-state index contributed by atoms with van der Waals surface area (Å²) >= 11 is 0. The van der Waals surface area contributed by atoms with Gasteiger partial charge in [0.2, 0.25) is 0 Å². The van der Waals surface area contributed by atoms with Crippen LogP contribution in [-0.2, 0) is 9.47 Å². The first kappa shape index (κ1) is 10.0. The van der Waals surface area contributed by atoms with Crippen LogP contribution in [0.5, 0.6) is 0 Å². The predicted molar refractivity (Wildman–Crippen MR) is 48.9 cm³/mol. The third kappa shape index (κ3) is 3.11. The molecule has 0 N–H and O–H groups in total. The van der Waals surface area contributed by atoms with Gasteiger partial charge in [0.1, 0.15) is 0 Å². The topological polar surface area (TPSA) is 18.5 Å². The molecule has 0 bridgehead atoms. The highest BCUT2D eigenvalue weighted by atomic mass is 16.7. The van der Waals surface area contributed by atoms with Crippen molar-refractivity contribution >= 4 is 0 Å². The second-order valence-corrected chi connectivity index (χ2v) is 4.52. The zero-order valence-corrected chi connectivity index (χ0v) is 8.59. The number of rotatable bonds is 2. The van der Waals surface area contributed by atoms with Crippen LogP contribution in [0.2, 0.25) is 0 Å². The van der Waals surface area contributed by atoms with Crippen LogP contribution < -0.4 is 0 Å². The first-order valence-electron chi connectivity index (χ1n) is 4.77. The molecule has 2 nitrogen and oxygen atoms in total. The lowest BCUT2D eigenvalue weighted by atomic mass is 9.98. The Balaban J connectivity index is 2.27. The van der Waals surface area contributed by atoms with E-state index in [1.807, 2.05) is 13.8 Å². The van der Waals surface area contributed by atoms with Crippen LogP contribution in [-0.4, -0.2) is 19.0 Å². The summed E-state index contributed by atoms with van der Waals surface area (Å²) in [7, 11) is 0. The minimum Gasteiger partial charge on any atom is -0.350 e. The van der Waals surface area contributed by atoms with Gasteiger partial charge in [-0.1, -0.05) is 13.8 Å². The van der Waals surface area contributed by atoms with Gasteiger partial charge in [0, 0.05) is 5.92 Å². The fourth-order valence-corrected chi connectivity index (χ4v) is 1.53. The van der Waals surface area contributed by atoms with Gasteiger partial charge >= 0.3 is 0 Å². The Labute approximate surface area is 75.2 Å². The molecule has 12 heavy (non-hydrogen) atoms. The van der Waals surface area contributed by atoms with E-state index in [2.05, 4.69) is 13.8 Å². The van der Waals surface area contributed by atoms with Gasteiger partial charge in [-0.3, -0.25) is 0 Å². The lowest BCUT2D eigenvalue weighted by Gasteiger charge is -2.35. The highest BCUT2D eigenvalue weighted by molar-refractivity contribution is 4.68. The number of hydrogen-bond donors (Lipinski definition) is 0. The van der Waals surface area contributed by atoms with Crippen molar-refractivity contribution in [2.24, 2.45) is 11.8 Å². The molecule has 0 aliphatic carbocycles. The minimum absolute atomic E-state index is 0.354. The van der Waals surface area contributed by atoms with Gasteiger partial charge in [-0.15, -0.1) is 0 Å². The van der Waals surface area contributed by atoms with Crippen molar-refractivity contribution in [3.05, 3.63) is 0 Å².